The first kappa shape index (κ1) is 14.5. The lowest BCUT2D eigenvalue weighted by molar-refractivity contribution is -0.123. The maximum absolute atomic E-state index is 12.4. The molecule has 0 bridgehead atoms. The second kappa shape index (κ2) is 7.05. The number of nitrogens with zero attached hydrogens (tertiary/aromatic N) is 1. The minimum absolute atomic E-state index is 0.0888. The number of hydrogen-bond donors (Lipinski definition) is 1. The van der Waals surface area contributed by atoms with E-state index < -0.39 is 0 Å². The van der Waals surface area contributed by atoms with Crippen molar-refractivity contribution in [1.29, 1.82) is 0 Å². The Labute approximate surface area is 126 Å². The number of para-hydroxylation sites is 1. The smallest absolute Gasteiger partial charge is 0.252 e. The van der Waals surface area contributed by atoms with Crippen molar-refractivity contribution >= 4 is 11.6 Å². The van der Waals surface area contributed by atoms with Crippen molar-refractivity contribution in [2.75, 3.05) is 37.7 Å². The lowest BCUT2D eigenvalue weighted by Gasteiger charge is -2.29. The number of amides is 1. The lowest BCUT2D eigenvalue weighted by atomic mass is 10.0. The highest BCUT2D eigenvalue weighted by Gasteiger charge is 2.22. The summed E-state index contributed by atoms with van der Waals surface area (Å²) in [6, 6.07) is 8.19. The van der Waals surface area contributed by atoms with Gasteiger partial charge < -0.3 is 15.0 Å². The van der Waals surface area contributed by atoms with Gasteiger partial charge in [-0.2, -0.15) is 0 Å². The van der Waals surface area contributed by atoms with Crippen molar-refractivity contribution in [2.24, 2.45) is 5.92 Å². The Kier molecular flexibility index (Phi) is 4.88. The highest BCUT2D eigenvalue weighted by atomic mass is 16.5. The van der Waals surface area contributed by atoms with Crippen LogP contribution < -0.4 is 10.2 Å². The Morgan fingerprint density at radius 1 is 1.33 bits per heavy atom. The van der Waals surface area contributed by atoms with Crippen molar-refractivity contribution in [3.05, 3.63) is 29.8 Å². The van der Waals surface area contributed by atoms with Crippen LogP contribution in [0.2, 0.25) is 0 Å². The van der Waals surface area contributed by atoms with Gasteiger partial charge in [-0.25, -0.2) is 0 Å². The summed E-state index contributed by atoms with van der Waals surface area (Å²) < 4.78 is 5.67. The number of aryl methyl sites for hydroxylation is 1. The molecule has 1 aromatic rings. The molecule has 1 unspecified atom stereocenters. The number of benzene rings is 1. The van der Waals surface area contributed by atoms with E-state index in [0.29, 0.717) is 12.5 Å². The maximum Gasteiger partial charge on any atom is 0.252 e. The normalized spacial score (nSPS) is 21.9. The Bertz CT molecular complexity index is 483. The van der Waals surface area contributed by atoms with Crippen LogP contribution in [-0.2, 0) is 16.0 Å². The van der Waals surface area contributed by atoms with E-state index in [1.165, 1.54) is 18.4 Å². The molecule has 0 saturated carbocycles. The molecule has 1 atom stereocenters. The fraction of sp³-hybridized carbons (Fsp3) is 0.588. The molecule has 0 radical (unpaired) electrons. The number of piperidine rings is 1. The summed E-state index contributed by atoms with van der Waals surface area (Å²) in [6.45, 7) is 3.82. The molecule has 21 heavy (non-hydrogen) atoms. The summed E-state index contributed by atoms with van der Waals surface area (Å²) in [4.78, 5) is 14.3. The van der Waals surface area contributed by atoms with E-state index in [4.69, 9.17) is 4.74 Å². The summed E-state index contributed by atoms with van der Waals surface area (Å²) >= 11 is 0. The second-order valence-corrected chi connectivity index (χ2v) is 6.01. The van der Waals surface area contributed by atoms with Gasteiger partial charge in [0.15, 0.2) is 0 Å². The van der Waals surface area contributed by atoms with Gasteiger partial charge in [0.2, 0.25) is 0 Å². The van der Waals surface area contributed by atoms with Gasteiger partial charge in [0, 0.05) is 18.8 Å². The Morgan fingerprint density at radius 2 is 2.24 bits per heavy atom. The molecule has 1 amide bonds. The summed E-state index contributed by atoms with van der Waals surface area (Å²) in [6.07, 6.45) is 4.51. The highest BCUT2D eigenvalue weighted by molar-refractivity contribution is 5.95. The minimum Gasteiger partial charge on any atom is -0.371 e. The van der Waals surface area contributed by atoms with Crippen LogP contribution >= 0.6 is 0 Å². The maximum atomic E-state index is 12.4. The van der Waals surface area contributed by atoms with Crippen molar-refractivity contribution in [1.82, 2.24) is 5.32 Å². The van der Waals surface area contributed by atoms with Gasteiger partial charge in [-0.1, -0.05) is 18.2 Å². The standard InChI is InChI=1S/C17H24N2O2/c20-17(13-21-12-14-5-3-9-18-11-14)19-10-4-7-15-6-1-2-8-16(15)19/h1-2,6,8,14,18H,3-5,7,9-13H2. The number of carbonyl (C=O) groups is 1. The van der Waals surface area contributed by atoms with Crippen molar-refractivity contribution in [3.8, 4) is 0 Å². The minimum atomic E-state index is 0.0888. The van der Waals surface area contributed by atoms with E-state index in [2.05, 4.69) is 11.4 Å². The first-order valence-electron chi connectivity index (χ1n) is 8.01. The number of ether oxygens (including phenoxy) is 1. The zero-order valence-electron chi connectivity index (χ0n) is 12.5. The van der Waals surface area contributed by atoms with Crippen LogP contribution in [0.5, 0.6) is 0 Å². The molecule has 1 aromatic carbocycles. The van der Waals surface area contributed by atoms with Crippen LogP contribution in [0.15, 0.2) is 24.3 Å². The lowest BCUT2D eigenvalue weighted by Crippen LogP contribution is -2.39. The average molecular weight is 288 g/mol. The fourth-order valence-corrected chi connectivity index (χ4v) is 3.25. The quantitative estimate of drug-likeness (QED) is 0.921. The van der Waals surface area contributed by atoms with E-state index in [1.54, 1.807) is 0 Å². The molecular formula is C17H24N2O2. The Morgan fingerprint density at radius 3 is 3.10 bits per heavy atom. The second-order valence-electron chi connectivity index (χ2n) is 6.01. The van der Waals surface area contributed by atoms with Crippen LogP contribution in [0.3, 0.4) is 0 Å². The number of nitrogens with one attached hydrogen (secondary N) is 1. The summed E-state index contributed by atoms with van der Waals surface area (Å²) in [5, 5.41) is 3.37. The molecule has 3 rings (SSSR count). The largest absolute Gasteiger partial charge is 0.371 e. The third-order valence-electron chi connectivity index (χ3n) is 4.39. The molecule has 1 saturated heterocycles. The number of carbonyl (C=O) groups excluding carboxylic acids is 1. The zero-order valence-corrected chi connectivity index (χ0v) is 12.5. The molecule has 2 heterocycles. The van der Waals surface area contributed by atoms with Gasteiger partial charge >= 0.3 is 0 Å². The predicted molar refractivity (Wildman–Crippen MR) is 83.5 cm³/mol. The van der Waals surface area contributed by atoms with Gasteiger partial charge in [0.05, 0.1) is 6.61 Å². The third kappa shape index (κ3) is 3.63. The molecule has 2 aliphatic heterocycles. The number of fused-ring (bicyclic) bond motifs is 1. The number of anilines is 1. The highest BCUT2D eigenvalue weighted by Crippen LogP contribution is 2.26. The summed E-state index contributed by atoms with van der Waals surface area (Å²) in [7, 11) is 0. The zero-order chi connectivity index (χ0) is 14.5. The molecule has 4 nitrogen and oxygen atoms in total. The molecule has 114 valence electrons. The molecule has 2 aliphatic rings. The molecule has 0 spiro atoms. The van der Waals surface area contributed by atoms with Crippen LogP contribution in [0.4, 0.5) is 5.69 Å². The SMILES string of the molecule is O=C(COCC1CCCNC1)N1CCCc2ccccc21. The topological polar surface area (TPSA) is 41.6 Å². The van der Waals surface area contributed by atoms with Gasteiger partial charge in [-0.15, -0.1) is 0 Å². The van der Waals surface area contributed by atoms with Crippen LogP contribution in [-0.4, -0.2) is 38.8 Å². The Balaban J connectivity index is 1.51. The van der Waals surface area contributed by atoms with E-state index in [0.717, 1.165) is 38.2 Å². The molecule has 0 aliphatic carbocycles. The number of hydrogen-bond acceptors (Lipinski definition) is 3. The predicted octanol–water partition coefficient (Wildman–Crippen LogP) is 1.98. The van der Waals surface area contributed by atoms with Gasteiger partial charge in [-0.05, 0) is 49.8 Å². The van der Waals surface area contributed by atoms with E-state index in [9.17, 15) is 4.79 Å². The summed E-state index contributed by atoms with van der Waals surface area (Å²) in [5.74, 6) is 0.645. The molecule has 1 N–H and O–H groups in total. The number of rotatable bonds is 4. The molecule has 0 aromatic heterocycles. The monoisotopic (exact) mass is 288 g/mol. The molecular weight excluding hydrogens is 264 g/mol. The van der Waals surface area contributed by atoms with Gasteiger partial charge in [0.1, 0.15) is 6.61 Å². The van der Waals surface area contributed by atoms with Crippen molar-refractivity contribution in [2.45, 2.75) is 25.7 Å². The van der Waals surface area contributed by atoms with Gasteiger partial charge in [-0.3, -0.25) is 4.79 Å². The molecule has 4 heteroatoms. The molecule has 1 fully saturated rings. The van der Waals surface area contributed by atoms with Crippen molar-refractivity contribution < 1.29 is 9.53 Å². The van der Waals surface area contributed by atoms with E-state index in [-0.39, 0.29) is 12.5 Å². The van der Waals surface area contributed by atoms with Crippen LogP contribution in [0, 0.1) is 5.92 Å². The van der Waals surface area contributed by atoms with Crippen LogP contribution in [0.1, 0.15) is 24.8 Å². The fourth-order valence-electron chi connectivity index (χ4n) is 3.25. The Hall–Kier alpha value is -1.39. The average Bonchev–Trinajstić information content (AvgIpc) is 2.55. The van der Waals surface area contributed by atoms with Crippen molar-refractivity contribution in [3.63, 3.8) is 0 Å². The van der Waals surface area contributed by atoms with E-state index in [1.807, 2.05) is 23.1 Å². The first-order chi connectivity index (χ1) is 10.3. The van der Waals surface area contributed by atoms with Crippen LogP contribution in [0.25, 0.3) is 0 Å². The third-order valence-corrected chi connectivity index (χ3v) is 4.39. The summed E-state index contributed by atoms with van der Waals surface area (Å²) in [5.41, 5.74) is 2.34. The van der Waals surface area contributed by atoms with E-state index >= 15 is 0 Å². The van der Waals surface area contributed by atoms with Gasteiger partial charge in [0.25, 0.3) is 5.91 Å². The first-order valence-corrected chi connectivity index (χ1v) is 8.01.